The Labute approximate surface area is 336 Å². The first-order valence-corrected chi connectivity index (χ1v) is 19.8. The van der Waals surface area contributed by atoms with Crippen molar-refractivity contribution in [2.75, 3.05) is 66.1 Å². The molecule has 2 aromatic rings. The van der Waals surface area contributed by atoms with Gasteiger partial charge in [0.15, 0.2) is 0 Å². The van der Waals surface area contributed by atoms with Gasteiger partial charge in [0.2, 0.25) is 0 Å². The van der Waals surface area contributed by atoms with E-state index < -0.39 is 11.2 Å². The van der Waals surface area contributed by atoms with Crippen LogP contribution in [0.4, 0.5) is 0 Å². The molecule has 2 aromatic carbocycles. The molecule has 0 spiro atoms. The number of unbranched alkanes of at least 4 members (excludes halogenated alkanes) is 6. The molecule has 0 heterocycles. The van der Waals surface area contributed by atoms with E-state index in [1.165, 1.54) is 0 Å². The molecular weight excluding hydrogens is 712 g/mol. The van der Waals surface area contributed by atoms with Crippen LogP contribution in [0.2, 0.25) is 0 Å². The third-order valence-corrected chi connectivity index (χ3v) is 8.50. The van der Waals surface area contributed by atoms with Crippen LogP contribution in [0.15, 0.2) is 48.5 Å². The molecular formula is C42H70O10Ti. The van der Waals surface area contributed by atoms with Crippen LogP contribution in [0.25, 0.3) is 0 Å². The average Bonchev–Trinajstić information content (AvgIpc) is 3.18. The summed E-state index contributed by atoms with van der Waals surface area (Å²) in [7, 11) is 0. The fourth-order valence-corrected chi connectivity index (χ4v) is 5.10. The summed E-state index contributed by atoms with van der Waals surface area (Å²) >= 11 is 0. The Kier molecular flexibility index (Phi) is 32.7. The minimum absolute atomic E-state index is 0. The molecule has 0 saturated carbocycles. The number of para-hydroxylation sites is 2. The number of rotatable bonds is 32. The largest absolute Gasteiger partial charge is 2.00 e. The minimum atomic E-state index is -1.20. The molecule has 0 aliphatic carbocycles. The van der Waals surface area contributed by atoms with Crippen LogP contribution in [-0.4, -0.2) is 66.1 Å². The van der Waals surface area contributed by atoms with Gasteiger partial charge in [0, 0.05) is 37.6 Å². The van der Waals surface area contributed by atoms with Gasteiger partial charge in [0.1, 0.15) is 22.7 Å². The van der Waals surface area contributed by atoms with Crippen LogP contribution in [0.5, 0.6) is 11.5 Å². The SMILES string of the molecule is CCCCOCC(COCCCC)(O[O-])c1ccccc1OCCCC.CCCCOCC(COCCCC)(O[O-])c1ccccc1OCCCC.[Ti+2]. The van der Waals surface area contributed by atoms with Crippen molar-refractivity contribution in [1.29, 1.82) is 0 Å². The van der Waals surface area contributed by atoms with Crippen molar-refractivity contribution in [2.45, 2.75) is 130 Å². The van der Waals surface area contributed by atoms with Gasteiger partial charge in [-0.25, -0.2) is 0 Å². The smallest absolute Gasteiger partial charge is 0.722 e. The second-order valence-electron chi connectivity index (χ2n) is 13.2. The molecule has 302 valence electrons. The molecule has 0 saturated heterocycles. The van der Waals surface area contributed by atoms with Gasteiger partial charge in [-0.1, -0.05) is 116 Å². The van der Waals surface area contributed by atoms with Crippen molar-refractivity contribution < 1.29 is 70.4 Å². The molecule has 53 heavy (non-hydrogen) atoms. The first-order chi connectivity index (χ1) is 25.5. The van der Waals surface area contributed by atoms with E-state index in [-0.39, 0.29) is 48.1 Å². The molecule has 0 aliphatic rings. The van der Waals surface area contributed by atoms with Gasteiger partial charge in [0.25, 0.3) is 0 Å². The third kappa shape index (κ3) is 20.3. The third-order valence-electron chi connectivity index (χ3n) is 8.50. The van der Waals surface area contributed by atoms with Crippen molar-refractivity contribution in [3.05, 3.63) is 59.7 Å². The van der Waals surface area contributed by atoms with Crippen molar-refractivity contribution in [3.8, 4) is 11.5 Å². The number of hydrogen-bond acceptors (Lipinski definition) is 10. The van der Waals surface area contributed by atoms with E-state index >= 15 is 0 Å². The summed E-state index contributed by atoms with van der Waals surface area (Å²) in [5.74, 6) is 1.32. The molecule has 0 unspecified atom stereocenters. The van der Waals surface area contributed by atoms with Crippen LogP contribution in [0, 0.1) is 0 Å². The topological polar surface area (TPSA) is 120 Å². The van der Waals surface area contributed by atoms with Crippen molar-refractivity contribution >= 4 is 0 Å². The molecule has 0 bridgehead atoms. The fourth-order valence-electron chi connectivity index (χ4n) is 5.10. The Bertz CT molecular complexity index is 996. The predicted molar refractivity (Wildman–Crippen MR) is 202 cm³/mol. The normalized spacial score (nSPS) is 11.5. The van der Waals surface area contributed by atoms with E-state index in [0.29, 0.717) is 62.3 Å². The quantitative estimate of drug-likeness (QED) is 0.0313. The Morgan fingerprint density at radius 2 is 0.679 bits per heavy atom. The zero-order chi connectivity index (χ0) is 38.2. The van der Waals surface area contributed by atoms with Crippen LogP contribution in [-0.2, 0) is 61.6 Å². The molecule has 0 atom stereocenters. The van der Waals surface area contributed by atoms with Gasteiger partial charge < -0.3 is 48.7 Å². The summed E-state index contributed by atoms with van der Waals surface area (Å²) in [5.41, 5.74) is -1.02. The second-order valence-corrected chi connectivity index (χ2v) is 13.2. The monoisotopic (exact) mass is 782 g/mol. The molecule has 0 amide bonds. The maximum Gasteiger partial charge on any atom is 2.00 e. The minimum Gasteiger partial charge on any atom is -0.722 e. The Morgan fingerprint density at radius 1 is 0.415 bits per heavy atom. The molecule has 11 heteroatoms. The number of hydrogen-bond donors (Lipinski definition) is 0. The maximum atomic E-state index is 11.8. The fraction of sp³-hybridized carbons (Fsp3) is 0.714. The van der Waals surface area contributed by atoms with E-state index in [9.17, 15) is 10.5 Å². The van der Waals surface area contributed by atoms with E-state index in [2.05, 4.69) is 41.5 Å². The Hall–Kier alpha value is -1.57. The number of ether oxygens (including phenoxy) is 6. The van der Waals surface area contributed by atoms with Crippen LogP contribution < -0.4 is 20.0 Å². The van der Waals surface area contributed by atoms with E-state index in [4.69, 9.17) is 38.2 Å². The summed E-state index contributed by atoms with van der Waals surface area (Å²) in [4.78, 5) is 9.50. The second kappa shape index (κ2) is 33.7. The maximum absolute atomic E-state index is 11.8. The molecule has 0 radical (unpaired) electrons. The first-order valence-electron chi connectivity index (χ1n) is 19.8. The Balaban J connectivity index is 0.00000100. The molecule has 0 aromatic heterocycles. The van der Waals surface area contributed by atoms with Gasteiger partial charge in [0.05, 0.1) is 39.6 Å². The van der Waals surface area contributed by atoms with Crippen molar-refractivity contribution in [2.24, 2.45) is 0 Å². The van der Waals surface area contributed by atoms with E-state index in [1.54, 1.807) is 0 Å². The van der Waals surface area contributed by atoms with Gasteiger partial charge in [-0.3, -0.25) is 0 Å². The summed E-state index contributed by atoms with van der Waals surface area (Å²) in [6, 6.07) is 15.0. The molecule has 0 fully saturated rings. The van der Waals surface area contributed by atoms with Gasteiger partial charge >= 0.3 is 21.7 Å². The Morgan fingerprint density at radius 3 is 0.943 bits per heavy atom. The summed E-state index contributed by atoms with van der Waals surface area (Å²) < 4.78 is 34.9. The van der Waals surface area contributed by atoms with Crippen molar-refractivity contribution in [1.82, 2.24) is 0 Å². The molecule has 2 rings (SSSR count). The molecule has 0 aliphatic heterocycles. The average molecular weight is 783 g/mol. The zero-order valence-electron chi connectivity index (χ0n) is 33.8. The van der Waals surface area contributed by atoms with Gasteiger partial charge in [-0.15, -0.1) is 0 Å². The van der Waals surface area contributed by atoms with Crippen LogP contribution in [0.1, 0.15) is 130 Å². The number of benzene rings is 2. The van der Waals surface area contributed by atoms with Crippen molar-refractivity contribution in [3.63, 3.8) is 0 Å². The summed E-state index contributed by atoms with van der Waals surface area (Å²) in [5, 5.41) is 23.7. The molecule has 10 nitrogen and oxygen atoms in total. The summed E-state index contributed by atoms with van der Waals surface area (Å²) in [6.07, 6.45) is 11.9. The van der Waals surface area contributed by atoms with E-state index in [1.807, 2.05) is 48.5 Å². The zero-order valence-corrected chi connectivity index (χ0v) is 35.3. The van der Waals surface area contributed by atoms with Crippen LogP contribution in [0.3, 0.4) is 0 Å². The van der Waals surface area contributed by atoms with Crippen LogP contribution >= 0.6 is 0 Å². The summed E-state index contributed by atoms with van der Waals surface area (Å²) in [6.45, 7) is 16.8. The van der Waals surface area contributed by atoms with E-state index in [0.717, 1.165) is 77.0 Å². The molecule has 0 N–H and O–H groups in total. The predicted octanol–water partition coefficient (Wildman–Crippen LogP) is 7.97. The standard InChI is InChI=1S/2C21H36O5.Ti/c2*1-4-7-14-23-17-21(26-22,18-24-15-8-5-2)19-12-10-11-13-20(19)25-16-9-6-3;/h2*10-13,22H,4-9,14-18H2,1-3H3;/q;;+2/p-2. The van der Waals surface area contributed by atoms with Gasteiger partial charge in [-0.2, -0.15) is 0 Å². The van der Waals surface area contributed by atoms with Gasteiger partial charge in [-0.05, 0) is 50.7 Å². The first kappa shape index (κ1) is 51.4.